The molecule has 0 unspecified atom stereocenters. The number of carbonyl (C=O) groups is 2. The number of carbonyl (C=O) groups excluding carboxylic acids is 2. The van der Waals surface area contributed by atoms with Crippen molar-refractivity contribution >= 4 is 11.8 Å². The highest BCUT2D eigenvalue weighted by atomic mass is 16.5. The minimum absolute atomic E-state index is 0.0419. The molecule has 0 saturated carbocycles. The lowest BCUT2D eigenvalue weighted by atomic mass is 10.2. The highest BCUT2D eigenvalue weighted by molar-refractivity contribution is 5.94. The van der Waals surface area contributed by atoms with Crippen LogP contribution < -0.4 is 10.5 Å². The first-order valence-electron chi connectivity index (χ1n) is 6.24. The van der Waals surface area contributed by atoms with Gasteiger partial charge in [-0.2, -0.15) is 0 Å². The maximum Gasteiger partial charge on any atom is 0.254 e. The Morgan fingerprint density at radius 1 is 1.58 bits per heavy atom. The van der Waals surface area contributed by atoms with Crippen LogP contribution in [-0.4, -0.2) is 40.9 Å². The summed E-state index contributed by atoms with van der Waals surface area (Å²) in [6.45, 7) is 2.64. The molecule has 2 rings (SSSR count). The molecule has 0 aromatic carbocycles. The molecule has 1 fully saturated rings. The van der Waals surface area contributed by atoms with Gasteiger partial charge in [0.2, 0.25) is 11.8 Å². The van der Waals surface area contributed by atoms with E-state index in [0.29, 0.717) is 6.61 Å². The molecular formula is C13H17N3O3. The van der Waals surface area contributed by atoms with Gasteiger partial charge in [0.1, 0.15) is 12.2 Å². The number of nitrogens with two attached hydrogens (primary N) is 1. The highest BCUT2D eigenvalue weighted by Gasteiger charge is 2.27. The Morgan fingerprint density at radius 2 is 2.37 bits per heavy atom. The molecule has 0 aliphatic carbocycles. The zero-order chi connectivity index (χ0) is 13.8. The van der Waals surface area contributed by atoms with E-state index >= 15 is 0 Å². The number of amides is 2. The second-order valence-electron chi connectivity index (χ2n) is 4.54. The van der Waals surface area contributed by atoms with Crippen LogP contribution in [0.15, 0.2) is 18.3 Å². The Kier molecular flexibility index (Phi) is 3.99. The number of likely N-dealkylation sites (tertiary alicyclic amines) is 1. The van der Waals surface area contributed by atoms with Crippen molar-refractivity contribution in [2.24, 2.45) is 5.73 Å². The predicted molar refractivity (Wildman–Crippen MR) is 68.7 cm³/mol. The Hall–Kier alpha value is -2.11. The normalized spacial score (nSPS) is 18.4. The van der Waals surface area contributed by atoms with Gasteiger partial charge in [-0.15, -0.1) is 0 Å². The molecule has 0 bridgehead atoms. The molecule has 1 saturated heterocycles. The van der Waals surface area contributed by atoms with Crippen LogP contribution in [0.1, 0.15) is 30.1 Å². The van der Waals surface area contributed by atoms with Crippen LogP contribution in [0.3, 0.4) is 0 Å². The van der Waals surface area contributed by atoms with Gasteiger partial charge in [-0.3, -0.25) is 9.59 Å². The molecule has 0 radical (unpaired) electrons. The number of pyridine rings is 1. The molecule has 2 heterocycles. The molecule has 102 valence electrons. The highest BCUT2D eigenvalue weighted by Crippen LogP contribution is 2.20. The van der Waals surface area contributed by atoms with Crippen molar-refractivity contribution in [2.75, 3.05) is 13.2 Å². The van der Waals surface area contributed by atoms with Gasteiger partial charge in [-0.05, 0) is 25.0 Å². The number of nitrogens with zero attached hydrogens (tertiary/aromatic N) is 2. The van der Waals surface area contributed by atoms with Crippen LogP contribution >= 0.6 is 0 Å². The number of ether oxygens (including phenoxy) is 1. The van der Waals surface area contributed by atoms with Gasteiger partial charge in [0.25, 0.3) is 5.91 Å². The van der Waals surface area contributed by atoms with Crippen LogP contribution in [0.5, 0.6) is 5.88 Å². The topological polar surface area (TPSA) is 85.5 Å². The van der Waals surface area contributed by atoms with Crippen molar-refractivity contribution in [3.05, 3.63) is 23.9 Å². The molecule has 1 aromatic heterocycles. The first-order chi connectivity index (χ1) is 9.09. The van der Waals surface area contributed by atoms with Gasteiger partial charge in [0, 0.05) is 19.7 Å². The van der Waals surface area contributed by atoms with Crippen molar-refractivity contribution in [1.29, 1.82) is 0 Å². The number of rotatable bonds is 4. The quantitative estimate of drug-likeness (QED) is 0.860. The van der Waals surface area contributed by atoms with E-state index in [9.17, 15) is 9.59 Å². The SMILES string of the molecule is CC(=O)N1CCC[C@H]1COc1ncccc1C(N)=O. The number of hydrogen-bond donors (Lipinski definition) is 1. The molecule has 1 aliphatic rings. The van der Waals surface area contributed by atoms with E-state index in [1.807, 2.05) is 0 Å². The van der Waals surface area contributed by atoms with E-state index in [4.69, 9.17) is 10.5 Å². The van der Waals surface area contributed by atoms with E-state index < -0.39 is 5.91 Å². The third-order valence-corrected chi connectivity index (χ3v) is 3.23. The number of primary amides is 1. The van der Waals surface area contributed by atoms with Gasteiger partial charge in [0.05, 0.1) is 6.04 Å². The van der Waals surface area contributed by atoms with Crippen LogP contribution in [0, 0.1) is 0 Å². The summed E-state index contributed by atoms with van der Waals surface area (Å²) in [6.07, 6.45) is 3.41. The van der Waals surface area contributed by atoms with Gasteiger partial charge in [-0.1, -0.05) is 0 Å². The largest absolute Gasteiger partial charge is 0.475 e. The predicted octanol–water partition coefficient (Wildman–Crippen LogP) is 0.570. The minimum Gasteiger partial charge on any atom is -0.475 e. The summed E-state index contributed by atoms with van der Waals surface area (Å²) in [7, 11) is 0. The monoisotopic (exact) mass is 263 g/mol. The smallest absolute Gasteiger partial charge is 0.254 e. The molecule has 0 spiro atoms. The molecule has 1 aliphatic heterocycles. The molecule has 1 atom stereocenters. The molecule has 1 aromatic rings. The van der Waals surface area contributed by atoms with Crippen LogP contribution in [0.4, 0.5) is 0 Å². The average Bonchev–Trinajstić information content (AvgIpc) is 2.85. The van der Waals surface area contributed by atoms with Gasteiger partial charge >= 0.3 is 0 Å². The average molecular weight is 263 g/mol. The zero-order valence-electron chi connectivity index (χ0n) is 10.8. The summed E-state index contributed by atoms with van der Waals surface area (Å²) in [6, 6.07) is 3.24. The molecule has 2 N–H and O–H groups in total. The third kappa shape index (κ3) is 3.01. The fourth-order valence-electron chi connectivity index (χ4n) is 2.29. The standard InChI is InChI=1S/C13H17N3O3/c1-9(17)16-7-3-4-10(16)8-19-13-11(12(14)18)5-2-6-15-13/h2,5-6,10H,3-4,7-8H2,1H3,(H2,14,18)/t10-/m0/s1. The Labute approximate surface area is 111 Å². The summed E-state index contributed by atoms with van der Waals surface area (Å²) in [5.74, 6) is -0.300. The molecule has 6 nitrogen and oxygen atoms in total. The maximum absolute atomic E-state index is 11.4. The van der Waals surface area contributed by atoms with E-state index in [-0.39, 0.29) is 23.4 Å². The summed E-state index contributed by atoms with van der Waals surface area (Å²) < 4.78 is 5.56. The summed E-state index contributed by atoms with van der Waals surface area (Å²) in [4.78, 5) is 28.4. The zero-order valence-corrected chi connectivity index (χ0v) is 10.8. The van der Waals surface area contributed by atoms with Gasteiger partial charge in [-0.25, -0.2) is 4.98 Å². The van der Waals surface area contributed by atoms with Crippen molar-refractivity contribution in [3.8, 4) is 5.88 Å². The number of hydrogen-bond acceptors (Lipinski definition) is 4. The van der Waals surface area contributed by atoms with E-state index in [2.05, 4.69) is 4.98 Å². The fraction of sp³-hybridized carbons (Fsp3) is 0.462. The molecular weight excluding hydrogens is 246 g/mol. The van der Waals surface area contributed by atoms with E-state index in [1.165, 1.54) is 0 Å². The van der Waals surface area contributed by atoms with Crippen molar-refractivity contribution in [1.82, 2.24) is 9.88 Å². The van der Waals surface area contributed by atoms with Crippen molar-refractivity contribution in [3.63, 3.8) is 0 Å². The first kappa shape index (κ1) is 13.3. The lowest BCUT2D eigenvalue weighted by molar-refractivity contribution is -0.130. The van der Waals surface area contributed by atoms with E-state index in [0.717, 1.165) is 19.4 Å². The Bertz CT molecular complexity index is 490. The number of aromatic nitrogens is 1. The third-order valence-electron chi connectivity index (χ3n) is 3.23. The lowest BCUT2D eigenvalue weighted by Gasteiger charge is -2.23. The fourth-order valence-corrected chi connectivity index (χ4v) is 2.29. The van der Waals surface area contributed by atoms with Gasteiger partial charge in [0.15, 0.2) is 0 Å². The second-order valence-corrected chi connectivity index (χ2v) is 4.54. The van der Waals surface area contributed by atoms with Gasteiger partial charge < -0.3 is 15.4 Å². The van der Waals surface area contributed by atoms with Crippen molar-refractivity contribution < 1.29 is 14.3 Å². The molecule has 6 heteroatoms. The van der Waals surface area contributed by atoms with E-state index in [1.54, 1.807) is 30.2 Å². The van der Waals surface area contributed by atoms with Crippen LogP contribution in [-0.2, 0) is 4.79 Å². The van der Waals surface area contributed by atoms with Crippen LogP contribution in [0.2, 0.25) is 0 Å². The molecule has 2 amide bonds. The first-order valence-corrected chi connectivity index (χ1v) is 6.24. The minimum atomic E-state index is -0.571. The maximum atomic E-state index is 11.4. The Balaban J connectivity index is 2.03. The Morgan fingerprint density at radius 3 is 3.05 bits per heavy atom. The van der Waals surface area contributed by atoms with Crippen molar-refractivity contribution in [2.45, 2.75) is 25.8 Å². The molecule has 19 heavy (non-hydrogen) atoms. The lowest BCUT2D eigenvalue weighted by Crippen LogP contribution is -2.37. The second kappa shape index (κ2) is 5.69. The van der Waals surface area contributed by atoms with Crippen LogP contribution in [0.25, 0.3) is 0 Å². The summed E-state index contributed by atoms with van der Waals surface area (Å²) >= 11 is 0. The summed E-state index contributed by atoms with van der Waals surface area (Å²) in [5.41, 5.74) is 5.51. The summed E-state index contributed by atoms with van der Waals surface area (Å²) in [5, 5.41) is 0.